The summed E-state index contributed by atoms with van der Waals surface area (Å²) in [6.45, 7) is 2.43. The van der Waals surface area contributed by atoms with E-state index in [0.29, 0.717) is 0 Å². The molecule has 0 aliphatic heterocycles. The highest BCUT2D eigenvalue weighted by atomic mass is 14.9. The molecule has 0 saturated heterocycles. The molecule has 0 amide bonds. The zero-order chi connectivity index (χ0) is 7.14. The fraction of sp³-hybridized carbons (Fsp3) is 1.00. The first kappa shape index (κ1) is 6.66. The van der Waals surface area contributed by atoms with E-state index in [1.165, 1.54) is 19.3 Å². The summed E-state index contributed by atoms with van der Waals surface area (Å²) >= 11 is 0. The molecule has 4 unspecified atom stereocenters. The maximum absolute atomic E-state index is 3.43. The minimum absolute atomic E-state index is 0.855. The van der Waals surface area contributed by atoms with E-state index in [1.807, 2.05) is 0 Å². The van der Waals surface area contributed by atoms with Crippen LogP contribution in [0.3, 0.4) is 0 Å². The van der Waals surface area contributed by atoms with Crippen molar-refractivity contribution in [3.63, 3.8) is 0 Å². The molecule has 2 saturated carbocycles. The molecule has 0 heterocycles. The van der Waals surface area contributed by atoms with Gasteiger partial charge in [-0.25, -0.2) is 0 Å². The van der Waals surface area contributed by atoms with E-state index in [2.05, 4.69) is 19.3 Å². The first-order valence-electron chi connectivity index (χ1n) is 4.50. The Morgan fingerprint density at radius 1 is 1.30 bits per heavy atom. The number of rotatable bonds is 1. The molecule has 0 spiro atoms. The van der Waals surface area contributed by atoms with Gasteiger partial charge in [-0.15, -0.1) is 0 Å². The maximum Gasteiger partial charge on any atom is 0.00977 e. The lowest BCUT2D eigenvalue weighted by atomic mass is 9.95. The van der Waals surface area contributed by atoms with Crippen LogP contribution in [0.4, 0.5) is 0 Å². The Labute approximate surface area is 63.2 Å². The molecule has 2 bridgehead atoms. The van der Waals surface area contributed by atoms with Crippen molar-refractivity contribution in [2.24, 2.45) is 17.8 Å². The summed E-state index contributed by atoms with van der Waals surface area (Å²) in [5.74, 6) is 3.08. The minimum Gasteiger partial charge on any atom is -0.317 e. The van der Waals surface area contributed by atoms with Crippen molar-refractivity contribution in [2.75, 3.05) is 7.05 Å². The molecule has 2 aliphatic carbocycles. The third kappa shape index (κ3) is 0.731. The minimum atomic E-state index is 0.855. The SMILES string of the molecule is CNC1CC2CCC1C2C. The van der Waals surface area contributed by atoms with Gasteiger partial charge in [0.05, 0.1) is 0 Å². The Morgan fingerprint density at radius 3 is 2.40 bits per heavy atom. The number of fused-ring (bicyclic) bond motifs is 2. The van der Waals surface area contributed by atoms with E-state index < -0.39 is 0 Å². The summed E-state index contributed by atoms with van der Waals surface area (Å²) < 4.78 is 0. The average Bonchev–Trinajstić information content (AvgIpc) is 2.46. The molecule has 0 aromatic carbocycles. The van der Waals surface area contributed by atoms with Crippen LogP contribution in [0, 0.1) is 17.8 Å². The van der Waals surface area contributed by atoms with Crippen LogP contribution in [0.25, 0.3) is 0 Å². The second kappa shape index (κ2) is 2.23. The highest BCUT2D eigenvalue weighted by molar-refractivity contribution is 4.97. The largest absolute Gasteiger partial charge is 0.317 e. The van der Waals surface area contributed by atoms with E-state index >= 15 is 0 Å². The Balaban J connectivity index is 2.08. The van der Waals surface area contributed by atoms with Gasteiger partial charge in [-0.3, -0.25) is 0 Å². The van der Waals surface area contributed by atoms with E-state index in [0.717, 1.165) is 23.8 Å². The summed E-state index contributed by atoms with van der Waals surface area (Å²) in [7, 11) is 2.11. The third-order valence-corrected chi connectivity index (χ3v) is 3.73. The second-order valence-electron chi connectivity index (χ2n) is 3.99. The van der Waals surface area contributed by atoms with Crippen molar-refractivity contribution in [1.29, 1.82) is 0 Å². The monoisotopic (exact) mass is 139 g/mol. The van der Waals surface area contributed by atoms with Crippen LogP contribution in [0.15, 0.2) is 0 Å². The van der Waals surface area contributed by atoms with Gasteiger partial charge in [0.15, 0.2) is 0 Å². The highest BCUT2D eigenvalue weighted by Crippen LogP contribution is 2.48. The van der Waals surface area contributed by atoms with Crippen LogP contribution in [-0.2, 0) is 0 Å². The highest BCUT2D eigenvalue weighted by Gasteiger charge is 2.44. The van der Waals surface area contributed by atoms with Gasteiger partial charge in [-0.05, 0) is 44.1 Å². The van der Waals surface area contributed by atoms with Crippen LogP contribution < -0.4 is 5.32 Å². The van der Waals surface area contributed by atoms with Crippen LogP contribution >= 0.6 is 0 Å². The summed E-state index contributed by atoms with van der Waals surface area (Å²) in [4.78, 5) is 0. The predicted molar refractivity (Wildman–Crippen MR) is 42.8 cm³/mol. The van der Waals surface area contributed by atoms with Crippen LogP contribution in [0.1, 0.15) is 26.2 Å². The second-order valence-corrected chi connectivity index (χ2v) is 3.99. The first-order valence-corrected chi connectivity index (χ1v) is 4.50. The molecule has 0 aromatic heterocycles. The van der Waals surface area contributed by atoms with E-state index in [-0.39, 0.29) is 0 Å². The lowest BCUT2D eigenvalue weighted by Crippen LogP contribution is -2.31. The summed E-state index contributed by atoms with van der Waals surface area (Å²) in [5, 5.41) is 3.43. The fourth-order valence-electron chi connectivity index (χ4n) is 3.01. The van der Waals surface area contributed by atoms with Crippen LogP contribution in [0.5, 0.6) is 0 Å². The van der Waals surface area contributed by atoms with Crippen molar-refractivity contribution in [2.45, 2.75) is 32.2 Å². The van der Waals surface area contributed by atoms with Crippen LogP contribution in [-0.4, -0.2) is 13.1 Å². The zero-order valence-corrected chi connectivity index (χ0v) is 6.93. The van der Waals surface area contributed by atoms with Crippen molar-refractivity contribution in [1.82, 2.24) is 5.32 Å². The molecular weight excluding hydrogens is 122 g/mol. The molecule has 1 heteroatoms. The van der Waals surface area contributed by atoms with Gasteiger partial charge in [-0.1, -0.05) is 6.92 Å². The molecular formula is C9H17N. The van der Waals surface area contributed by atoms with Crippen molar-refractivity contribution in [3.8, 4) is 0 Å². The van der Waals surface area contributed by atoms with Gasteiger partial charge in [0.2, 0.25) is 0 Å². The molecule has 10 heavy (non-hydrogen) atoms. The third-order valence-electron chi connectivity index (χ3n) is 3.73. The van der Waals surface area contributed by atoms with Gasteiger partial charge in [0.1, 0.15) is 0 Å². The van der Waals surface area contributed by atoms with E-state index in [9.17, 15) is 0 Å². The zero-order valence-electron chi connectivity index (χ0n) is 6.93. The van der Waals surface area contributed by atoms with Gasteiger partial charge >= 0.3 is 0 Å². The summed E-state index contributed by atoms with van der Waals surface area (Å²) in [5.41, 5.74) is 0. The molecule has 0 aromatic rings. The van der Waals surface area contributed by atoms with E-state index in [4.69, 9.17) is 0 Å². The lowest BCUT2D eigenvalue weighted by molar-refractivity contribution is 0.361. The topological polar surface area (TPSA) is 12.0 Å². The quantitative estimate of drug-likeness (QED) is 0.582. The van der Waals surface area contributed by atoms with Crippen molar-refractivity contribution >= 4 is 0 Å². The predicted octanol–water partition coefficient (Wildman–Crippen LogP) is 1.64. The standard InChI is InChI=1S/C9H17N/c1-6-7-3-4-8(6)9(5-7)10-2/h6-10H,3-5H2,1-2H3. The molecule has 1 nitrogen and oxygen atoms in total. The Hall–Kier alpha value is -0.0400. The lowest BCUT2D eigenvalue weighted by Gasteiger charge is -2.20. The van der Waals surface area contributed by atoms with Gasteiger partial charge < -0.3 is 5.32 Å². The van der Waals surface area contributed by atoms with Crippen LogP contribution in [0.2, 0.25) is 0 Å². The van der Waals surface area contributed by atoms with Gasteiger partial charge in [0.25, 0.3) is 0 Å². The van der Waals surface area contributed by atoms with E-state index in [1.54, 1.807) is 0 Å². The first-order chi connectivity index (χ1) is 4.83. The van der Waals surface area contributed by atoms with Crippen molar-refractivity contribution in [3.05, 3.63) is 0 Å². The fourth-order valence-corrected chi connectivity index (χ4v) is 3.01. The molecule has 2 rings (SSSR count). The summed E-state index contributed by atoms with van der Waals surface area (Å²) in [6, 6.07) is 0.855. The maximum atomic E-state index is 3.43. The number of hydrogen-bond donors (Lipinski definition) is 1. The van der Waals surface area contributed by atoms with Gasteiger partial charge in [0, 0.05) is 6.04 Å². The molecule has 1 N–H and O–H groups in total. The molecule has 58 valence electrons. The molecule has 4 atom stereocenters. The van der Waals surface area contributed by atoms with Crippen molar-refractivity contribution < 1.29 is 0 Å². The van der Waals surface area contributed by atoms with Gasteiger partial charge in [-0.2, -0.15) is 0 Å². The smallest absolute Gasteiger partial charge is 0.00977 e. The normalized spacial score (nSPS) is 52.2. The average molecular weight is 139 g/mol. The molecule has 2 fully saturated rings. The molecule has 2 aliphatic rings. The molecule has 0 radical (unpaired) electrons. The summed E-state index contributed by atoms with van der Waals surface area (Å²) in [6.07, 6.45) is 4.43. The number of hydrogen-bond acceptors (Lipinski definition) is 1. The Kier molecular flexibility index (Phi) is 1.48. The number of nitrogens with one attached hydrogen (secondary N) is 1. The Morgan fingerprint density at radius 2 is 2.10 bits per heavy atom. The Bertz CT molecular complexity index is 133.